The minimum atomic E-state index is -0.147. The number of halogens is 1. The fraction of sp³-hybridized carbons (Fsp3) is 0.500. The Kier molecular flexibility index (Phi) is 5.48. The maximum atomic E-state index is 11.7. The van der Waals surface area contributed by atoms with Crippen molar-refractivity contribution in [2.45, 2.75) is 19.4 Å². The van der Waals surface area contributed by atoms with Gasteiger partial charge >= 0.3 is 6.03 Å². The van der Waals surface area contributed by atoms with E-state index in [0.29, 0.717) is 24.0 Å². The van der Waals surface area contributed by atoms with Crippen LogP contribution in [0.5, 0.6) is 0 Å². The van der Waals surface area contributed by atoms with E-state index in [-0.39, 0.29) is 6.03 Å². The highest BCUT2D eigenvalue weighted by Gasteiger charge is 2.14. The van der Waals surface area contributed by atoms with Gasteiger partial charge in [-0.25, -0.2) is 4.79 Å². The summed E-state index contributed by atoms with van der Waals surface area (Å²) in [6.45, 7) is 2.75. The van der Waals surface area contributed by atoms with E-state index in [4.69, 9.17) is 16.3 Å². The standard InChI is InChI=1S/C14H19ClN2O2/c15-13-4-2-1-3-12(13)10-17-14(18)16-9-11-5-7-19-8-6-11/h1-4,11H,5-10H2,(H2,16,17,18). The zero-order valence-corrected chi connectivity index (χ0v) is 11.6. The first kappa shape index (κ1) is 14.2. The van der Waals surface area contributed by atoms with Gasteiger partial charge in [0, 0.05) is 31.3 Å². The molecule has 0 spiro atoms. The second-order valence-electron chi connectivity index (χ2n) is 4.71. The Morgan fingerprint density at radius 3 is 2.74 bits per heavy atom. The molecule has 1 fully saturated rings. The summed E-state index contributed by atoms with van der Waals surface area (Å²) in [5.74, 6) is 0.528. The Hall–Kier alpha value is -1.26. The van der Waals surface area contributed by atoms with Crippen LogP contribution in [0.2, 0.25) is 5.02 Å². The fourth-order valence-electron chi connectivity index (χ4n) is 2.07. The molecular weight excluding hydrogens is 264 g/mol. The Morgan fingerprint density at radius 2 is 2.00 bits per heavy atom. The Bertz CT molecular complexity index is 420. The van der Waals surface area contributed by atoms with Gasteiger partial charge in [0.1, 0.15) is 0 Å². The van der Waals surface area contributed by atoms with Crippen LogP contribution in [0.1, 0.15) is 18.4 Å². The van der Waals surface area contributed by atoms with Crippen LogP contribution in [0.15, 0.2) is 24.3 Å². The molecule has 104 valence electrons. The van der Waals surface area contributed by atoms with E-state index in [2.05, 4.69) is 10.6 Å². The zero-order chi connectivity index (χ0) is 13.5. The van der Waals surface area contributed by atoms with Gasteiger partial charge in [-0.05, 0) is 30.4 Å². The topological polar surface area (TPSA) is 50.4 Å². The Morgan fingerprint density at radius 1 is 1.26 bits per heavy atom. The van der Waals surface area contributed by atoms with Gasteiger partial charge in [-0.1, -0.05) is 29.8 Å². The Labute approximate surface area is 118 Å². The summed E-state index contributed by atoms with van der Waals surface area (Å²) >= 11 is 6.02. The lowest BCUT2D eigenvalue weighted by atomic mass is 10.0. The molecule has 1 aromatic rings. The van der Waals surface area contributed by atoms with Crippen LogP contribution < -0.4 is 10.6 Å². The van der Waals surface area contributed by atoms with Crippen molar-refractivity contribution in [1.82, 2.24) is 10.6 Å². The first-order valence-electron chi connectivity index (χ1n) is 6.58. The van der Waals surface area contributed by atoms with E-state index in [1.54, 1.807) is 0 Å². The van der Waals surface area contributed by atoms with Crippen molar-refractivity contribution < 1.29 is 9.53 Å². The SMILES string of the molecule is O=C(NCc1ccccc1Cl)NCC1CCOCC1. The molecule has 1 heterocycles. The molecule has 2 rings (SSSR count). The Balaban J connectivity index is 1.68. The van der Waals surface area contributed by atoms with E-state index in [0.717, 1.165) is 31.6 Å². The van der Waals surface area contributed by atoms with Gasteiger partial charge in [0.25, 0.3) is 0 Å². The number of urea groups is 1. The van der Waals surface area contributed by atoms with Crippen molar-refractivity contribution in [2.24, 2.45) is 5.92 Å². The molecule has 1 aliphatic heterocycles. The monoisotopic (exact) mass is 282 g/mol. The number of hydrogen-bond donors (Lipinski definition) is 2. The highest BCUT2D eigenvalue weighted by molar-refractivity contribution is 6.31. The minimum Gasteiger partial charge on any atom is -0.381 e. The molecular formula is C14H19ClN2O2. The van der Waals surface area contributed by atoms with Crippen LogP contribution in [-0.2, 0) is 11.3 Å². The molecule has 1 aliphatic rings. The smallest absolute Gasteiger partial charge is 0.315 e. The molecule has 5 heteroatoms. The second kappa shape index (κ2) is 7.36. The number of ether oxygens (including phenoxy) is 1. The number of nitrogens with one attached hydrogen (secondary N) is 2. The fourth-order valence-corrected chi connectivity index (χ4v) is 2.27. The predicted molar refractivity (Wildman–Crippen MR) is 75.2 cm³/mol. The van der Waals surface area contributed by atoms with Gasteiger partial charge in [0.05, 0.1) is 0 Å². The number of carbonyl (C=O) groups is 1. The third-order valence-electron chi connectivity index (χ3n) is 3.29. The van der Waals surface area contributed by atoms with Gasteiger partial charge in [0.15, 0.2) is 0 Å². The average molecular weight is 283 g/mol. The van der Waals surface area contributed by atoms with Crippen molar-refractivity contribution in [2.75, 3.05) is 19.8 Å². The molecule has 2 N–H and O–H groups in total. The zero-order valence-electron chi connectivity index (χ0n) is 10.8. The molecule has 0 aliphatic carbocycles. The number of carbonyl (C=O) groups excluding carboxylic acids is 1. The van der Waals surface area contributed by atoms with E-state index in [1.807, 2.05) is 24.3 Å². The molecule has 0 unspecified atom stereocenters. The first-order chi connectivity index (χ1) is 9.25. The number of amides is 2. The summed E-state index contributed by atoms with van der Waals surface area (Å²) in [6, 6.07) is 7.35. The van der Waals surface area contributed by atoms with Crippen LogP contribution in [0.25, 0.3) is 0 Å². The maximum Gasteiger partial charge on any atom is 0.315 e. The maximum absolute atomic E-state index is 11.7. The number of hydrogen-bond acceptors (Lipinski definition) is 2. The van der Waals surface area contributed by atoms with Crippen molar-refractivity contribution in [3.63, 3.8) is 0 Å². The van der Waals surface area contributed by atoms with Gasteiger partial charge in [-0.15, -0.1) is 0 Å². The quantitative estimate of drug-likeness (QED) is 0.892. The lowest BCUT2D eigenvalue weighted by Crippen LogP contribution is -2.39. The molecule has 2 amide bonds. The normalized spacial score (nSPS) is 16.1. The van der Waals surface area contributed by atoms with E-state index in [9.17, 15) is 4.79 Å². The predicted octanol–water partition coefficient (Wildman–Crippen LogP) is 2.57. The third-order valence-corrected chi connectivity index (χ3v) is 3.66. The van der Waals surface area contributed by atoms with Crippen LogP contribution in [-0.4, -0.2) is 25.8 Å². The lowest BCUT2D eigenvalue weighted by Gasteiger charge is -2.22. The molecule has 19 heavy (non-hydrogen) atoms. The molecule has 1 saturated heterocycles. The van der Waals surface area contributed by atoms with Crippen LogP contribution in [0.4, 0.5) is 4.79 Å². The molecule has 4 nitrogen and oxygen atoms in total. The van der Waals surface area contributed by atoms with Crippen molar-refractivity contribution in [1.29, 1.82) is 0 Å². The third kappa shape index (κ3) is 4.73. The minimum absolute atomic E-state index is 0.147. The van der Waals surface area contributed by atoms with E-state index in [1.165, 1.54) is 0 Å². The molecule has 0 bridgehead atoms. The molecule has 0 aromatic heterocycles. The summed E-state index contributed by atoms with van der Waals surface area (Å²) in [6.07, 6.45) is 2.04. The molecule has 1 aromatic carbocycles. The van der Waals surface area contributed by atoms with Crippen molar-refractivity contribution in [3.8, 4) is 0 Å². The van der Waals surface area contributed by atoms with Crippen LogP contribution in [0, 0.1) is 5.92 Å². The summed E-state index contributed by atoms with van der Waals surface area (Å²) in [7, 11) is 0. The van der Waals surface area contributed by atoms with Gasteiger partial charge in [0.2, 0.25) is 0 Å². The van der Waals surface area contributed by atoms with Gasteiger partial charge in [-0.2, -0.15) is 0 Å². The van der Waals surface area contributed by atoms with Crippen molar-refractivity contribution >= 4 is 17.6 Å². The van der Waals surface area contributed by atoms with Crippen LogP contribution >= 0.6 is 11.6 Å². The first-order valence-corrected chi connectivity index (χ1v) is 6.96. The number of benzene rings is 1. The average Bonchev–Trinajstić information content (AvgIpc) is 2.45. The summed E-state index contributed by atoms with van der Waals surface area (Å²) < 4.78 is 5.28. The summed E-state index contributed by atoms with van der Waals surface area (Å²) in [4.78, 5) is 11.7. The van der Waals surface area contributed by atoms with E-state index < -0.39 is 0 Å². The molecule has 0 saturated carbocycles. The highest BCUT2D eigenvalue weighted by atomic mass is 35.5. The van der Waals surface area contributed by atoms with Gasteiger partial charge < -0.3 is 15.4 Å². The number of rotatable bonds is 4. The summed E-state index contributed by atoms with van der Waals surface area (Å²) in [5, 5.41) is 6.38. The van der Waals surface area contributed by atoms with Crippen molar-refractivity contribution in [3.05, 3.63) is 34.9 Å². The van der Waals surface area contributed by atoms with Gasteiger partial charge in [-0.3, -0.25) is 0 Å². The van der Waals surface area contributed by atoms with E-state index >= 15 is 0 Å². The highest BCUT2D eigenvalue weighted by Crippen LogP contribution is 2.14. The molecule has 0 radical (unpaired) electrons. The second-order valence-corrected chi connectivity index (χ2v) is 5.12. The van der Waals surface area contributed by atoms with Crippen LogP contribution in [0.3, 0.4) is 0 Å². The summed E-state index contributed by atoms with van der Waals surface area (Å²) in [5.41, 5.74) is 0.922. The molecule has 0 atom stereocenters. The lowest BCUT2D eigenvalue weighted by molar-refractivity contribution is 0.0669. The largest absolute Gasteiger partial charge is 0.381 e.